The molecule has 6 nitrogen and oxygen atoms in total. The number of nitrogens with zero attached hydrogens (tertiary/aromatic N) is 5. The number of thiazole rings is 2. The average molecular weight is 371 g/mol. The van der Waals surface area contributed by atoms with Crippen LogP contribution in [0.1, 0.15) is 30.9 Å². The zero-order chi connectivity index (χ0) is 16.8. The summed E-state index contributed by atoms with van der Waals surface area (Å²) < 4.78 is 6.63. The van der Waals surface area contributed by atoms with E-state index in [1.165, 1.54) is 12.8 Å². The highest BCUT2D eigenvalue weighted by Crippen LogP contribution is 2.42. The van der Waals surface area contributed by atoms with E-state index in [1.54, 1.807) is 28.9 Å². The van der Waals surface area contributed by atoms with Crippen LogP contribution in [0.3, 0.4) is 0 Å². The predicted octanol–water partition coefficient (Wildman–Crippen LogP) is 5.23. The summed E-state index contributed by atoms with van der Waals surface area (Å²) in [5, 5.41) is 11.7. The molecule has 2 aromatic heterocycles. The predicted molar refractivity (Wildman–Crippen MR) is 101 cm³/mol. The van der Waals surface area contributed by atoms with Gasteiger partial charge in [0.2, 0.25) is 0 Å². The number of anilines is 1. The molecule has 0 radical (unpaired) electrons. The summed E-state index contributed by atoms with van der Waals surface area (Å²) in [5.74, 6) is 0. The number of azo groups is 1. The molecule has 2 aliphatic heterocycles. The van der Waals surface area contributed by atoms with E-state index < -0.39 is 0 Å². The van der Waals surface area contributed by atoms with Gasteiger partial charge in [-0.05, 0) is 38.0 Å². The van der Waals surface area contributed by atoms with Crippen molar-refractivity contribution in [3.63, 3.8) is 0 Å². The third-order valence-corrected chi connectivity index (χ3v) is 6.49. The SMILES string of the molecule is CC1OC1c1nc2ccc(/N=N/c3cnc(N4CCCC4)s3)cc2s1. The maximum absolute atomic E-state index is 5.51. The molecule has 2 saturated heterocycles. The van der Waals surface area contributed by atoms with Gasteiger partial charge < -0.3 is 9.64 Å². The number of benzene rings is 1. The second kappa shape index (κ2) is 6.12. The summed E-state index contributed by atoms with van der Waals surface area (Å²) in [6, 6.07) is 5.99. The van der Waals surface area contributed by atoms with Crippen molar-refractivity contribution in [2.75, 3.05) is 18.0 Å². The lowest BCUT2D eigenvalue weighted by molar-refractivity contribution is 0.383. The molecule has 0 amide bonds. The largest absolute Gasteiger partial charge is 0.362 e. The molecule has 0 aliphatic carbocycles. The lowest BCUT2D eigenvalue weighted by Crippen LogP contribution is -2.16. The van der Waals surface area contributed by atoms with Gasteiger partial charge >= 0.3 is 0 Å². The molecule has 3 aromatic rings. The van der Waals surface area contributed by atoms with Crippen LogP contribution in [-0.4, -0.2) is 29.2 Å². The molecule has 25 heavy (non-hydrogen) atoms. The van der Waals surface area contributed by atoms with Crippen LogP contribution in [0, 0.1) is 0 Å². The number of ether oxygens (including phenoxy) is 1. The fraction of sp³-hybridized carbons (Fsp3) is 0.412. The lowest BCUT2D eigenvalue weighted by Gasteiger charge is -2.11. The monoisotopic (exact) mass is 371 g/mol. The average Bonchev–Trinajstić information content (AvgIpc) is 3.11. The van der Waals surface area contributed by atoms with E-state index in [2.05, 4.69) is 32.0 Å². The van der Waals surface area contributed by atoms with Crippen LogP contribution < -0.4 is 4.90 Å². The summed E-state index contributed by atoms with van der Waals surface area (Å²) >= 11 is 3.27. The van der Waals surface area contributed by atoms with Crippen molar-refractivity contribution in [1.82, 2.24) is 9.97 Å². The smallest absolute Gasteiger partial charge is 0.187 e. The van der Waals surface area contributed by atoms with Crippen LogP contribution in [0.4, 0.5) is 15.8 Å². The summed E-state index contributed by atoms with van der Waals surface area (Å²) in [5.41, 5.74) is 1.83. The fourth-order valence-corrected chi connectivity index (χ4v) is 4.95. The molecule has 0 spiro atoms. The van der Waals surface area contributed by atoms with Gasteiger partial charge in [0.05, 0.1) is 28.2 Å². The first-order valence-corrected chi connectivity index (χ1v) is 10.1. The van der Waals surface area contributed by atoms with Crippen molar-refractivity contribution in [3.8, 4) is 0 Å². The van der Waals surface area contributed by atoms with E-state index in [9.17, 15) is 0 Å². The first kappa shape index (κ1) is 15.4. The molecule has 5 rings (SSSR count). The molecule has 0 bridgehead atoms. The second-order valence-corrected chi connectivity index (χ2v) is 8.39. The Bertz CT molecular complexity index is 944. The van der Waals surface area contributed by atoms with Gasteiger partial charge in [-0.2, -0.15) is 0 Å². The second-order valence-electron chi connectivity index (χ2n) is 6.34. The zero-order valence-corrected chi connectivity index (χ0v) is 15.4. The van der Waals surface area contributed by atoms with Crippen molar-refractivity contribution < 1.29 is 4.74 Å². The Balaban J connectivity index is 1.35. The van der Waals surface area contributed by atoms with E-state index >= 15 is 0 Å². The van der Waals surface area contributed by atoms with Crippen molar-refractivity contribution >= 4 is 48.7 Å². The third-order valence-electron chi connectivity index (χ3n) is 4.46. The van der Waals surface area contributed by atoms with Gasteiger partial charge in [-0.1, -0.05) is 11.3 Å². The van der Waals surface area contributed by atoms with Gasteiger partial charge in [-0.25, -0.2) is 9.97 Å². The first-order chi connectivity index (χ1) is 12.3. The van der Waals surface area contributed by atoms with Crippen LogP contribution >= 0.6 is 22.7 Å². The Morgan fingerprint density at radius 2 is 2.04 bits per heavy atom. The highest BCUT2D eigenvalue weighted by Gasteiger charge is 2.38. The number of hydrogen-bond acceptors (Lipinski definition) is 8. The van der Waals surface area contributed by atoms with Crippen molar-refractivity contribution in [3.05, 3.63) is 29.4 Å². The minimum Gasteiger partial charge on any atom is -0.362 e. The van der Waals surface area contributed by atoms with Crippen molar-refractivity contribution in [1.29, 1.82) is 0 Å². The highest BCUT2D eigenvalue weighted by molar-refractivity contribution is 7.19. The van der Waals surface area contributed by atoms with E-state index in [0.29, 0.717) is 0 Å². The Labute approximate surface area is 153 Å². The maximum Gasteiger partial charge on any atom is 0.187 e. The molecule has 2 atom stereocenters. The fourth-order valence-electron chi connectivity index (χ4n) is 3.02. The Hall–Kier alpha value is -1.90. The number of rotatable bonds is 4. The van der Waals surface area contributed by atoms with Gasteiger partial charge in [0, 0.05) is 13.1 Å². The molecule has 2 fully saturated rings. The number of hydrogen-bond donors (Lipinski definition) is 0. The van der Waals surface area contributed by atoms with Gasteiger partial charge in [-0.15, -0.1) is 21.6 Å². The zero-order valence-electron chi connectivity index (χ0n) is 13.8. The standard InChI is InChI=1S/C17H17N5OS2/c1-10-15(23-10)16-19-12-5-4-11(8-13(12)24-16)20-21-14-9-18-17(25-14)22-6-2-3-7-22/h4-5,8-10,15H,2-3,6-7H2,1H3/b21-20+. The van der Waals surface area contributed by atoms with E-state index in [4.69, 9.17) is 4.74 Å². The molecule has 4 heterocycles. The molecule has 8 heteroatoms. The van der Waals surface area contributed by atoms with Gasteiger partial charge in [-0.3, -0.25) is 0 Å². The topological polar surface area (TPSA) is 66.3 Å². The third kappa shape index (κ3) is 3.05. The Kier molecular flexibility index (Phi) is 3.76. The summed E-state index contributed by atoms with van der Waals surface area (Å²) in [4.78, 5) is 11.4. The summed E-state index contributed by atoms with van der Waals surface area (Å²) in [7, 11) is 0. The Morgan fingerprint density at radius 3 is 2.84 bits per heavy atom. The van der Waals surface area contributed by atoms with Crippen molar-refractivity contribution in [2.45, 2.75) is 32.0 Å². The Morgan fingerprint density at radius 1 is 1.20 bits per heavy atom. The summed E-state index contributed by atoms with van der Waals surface area (Å²) in [6.45, 7) is 4.26. The quantitative estimate of drug-likeness (QED) is 0.465. The number of aromatic nitrogens is 2. The van der Waals surface area contributed by atoms with Crippen LogP contribution in [0.2, 0.25) is 0 Å². The van der Waals surface area contributed by atoms with Crippen LogP contribution in [0.5, 0.6) is 0 Å². The van der Waals surface area contributed by atoms with E-state index in [1.807, 2.05) is 18.2 Å². The molecule has 0 saturated carbocycles. The molecule has 0 N–H and O–H groups in total. The summed E-state index contributed by atoms with van der Waals surface area (Å²) in [6.07, 6.45) is 4.76. The van der Waals surface area contributed by atoms with Crippen LogP contribution in [0.25, 0.3) is 10.2 Å². The van der Waals surface area contributed by atoms with Gasteiger partial charge in [0.15, 0.2) is 10.1 Å². The maximum atomic E-state index is 5.51. The van der Waals surface area contributed by atoms with E-state index in [0.717, 1.165) is 44.1 Å². The highest BCUT2D eigenvalue weighted by atomic mass is 32.1. The number of epoxide rings is 1. The molecule has 2 aliphatic rings. The van der Waals surface area contributed by atoms with Crippen LogP contribution in [-0.2, 0) is 4.74 Å². The minimum atomic E-state index is 0.170. The molecule has 1 aromatic carbocycles. The molecule has 128 valence electrons. The molecule has 2 unspecified atom stereocenters. The normalized spacial score (nSPS) is 23.2. The van der Waals surface area contributed by atoms with Crippen LogP contribution in [0.15, 0.2) is 34.6 Å². The molecular formula is C17H17N5OS2. The lowest BCUT2D eigenvalue weighted by atomic mass is 10.3. The van der Waals surface area contributed by atoms with Gasteiger partial charge in [0.25, 0.3) is 0 Å². The minimum absolute atomic E-state index is 0.170. The van der Waals surface area contributed by atoms with Crippen molar-refractivity contribution in [2.24, 2.45) is 10.2 Å². The van der Waals surface area contributed by atoms with Gasteiger partial charge in [0.1, 0.15) is 11.1 Å². The molecular weight excluding hydrogens is 354 g/mol. The van der Waals surface area contributed by atoms with E-state index in [-0.39, 0.29) is 12.2 Å². The first-order valence-electron chi connectivity index (χ1n) is 8.45. The number of fused-ring (bicyclic) bond motifs is 1.